The number of anilines is 1. The highest BCUT2D eigenvalue weighted by Gasteiger charge is 2.12. The van der Waals surface area contributed by atoms with Crippen molar-refractivity contribution in [1.29, 1.82) is 0 Å². The van der Waals surface area contributed by atoms with Crippen molar-refractivity contribution in [3.63, 3.8) is 0 Å². The quantitative estimate of drug-likeness (QED) is 0.905. The minimum absolute atomic E-state index is 0.0206. The second kappa shape index (κ2) is 6.13. The van der Waals surface area contributed by atoms with Gasteiger partial charge in [-0.15, -0.1) is 0 Å². The van der Waals surface area contributed by atoms with E-state index in [1.54, 1.807) is 12.3 Å². The van der Waals surface area contributed by atoms with Gasteiger partial charge >= 0.3 is 5.97 Å². The van der Waals surface area contributed by atoms with Crippen molar-refractivity contribution in [2.24, 2.45) is 0 Å². The second-order valence-corrected chi connectivity index (χ2v) is 4.49. The molecule has 0 aliphatic carbocycles. The first-order valence-electron chi connectivity index (χ1n) is 6.20. The van der Waals surface area contributed by atoms with E-state index in [2.05, 4.69) is 10.3 Å². The van der Waals surface area contributed by atoms with E-state index in [4.69, 9.17) is 5.11 Å². The third kappa shape index (κ3) is 3.62. The van der Waals surface area contributed by atoms with Crippen LogP contribution >= 0.6 is 0 Å². The zero-order valence-electron chi connectivity index (χ0n) is 11.3. The van der Waals surface area contributed by atoms with E-state index in [0.717, 1.165) is 11.6 Å². The van der Waals surface area contributed by atoms with Crippen LogP contribution < -0.4 is 5.32 Å². The van der Waals surface area contributed by atoms with E-state index in [1.807, 2.05) is 13.0 Å². The number of nitrogens with one attached hydrogen (secondary N) is 1. The molecule has 6 heteroatoms. The maximum atomic E-state index is 13.7. The van der Waals surface area contributed by atoms with Crippen LogP contribution in [-0.2, 0) is 11.2 Å². The first-order valence-corrected chi connectivity index (χ1v) is 6.20. The van der Waals surface area contributed by atoms with Crippen LogP contribution in [0.2, 0.25) is 0 Å². The lowest BCUT2D eigenvalue weighted by molar-refractivity contribution is -0.115. The molecule has 1 aromatic carbocycles. The Labute approximate surface area is 120 Å². The lowest BCUT2D eigenvalue weighted by Gasteiger charge is -2.08. The molecule has 108 valence electrons. The summed E-state index contributed by atoms with van der Waals surface area (Å²) in [4.78, 5) is 26.7. The average Bonchev–Trinajstić information content (AvgIpc) is 2.43. The summed E-state index contributed by atoms with van der Waals surface area (Å²) >= 11 is 0. The van der Waals surface area contributed by atoms with Crippen LogP contribution in [0.25, 0.3) is 0 Å². The molecule has 0 aliphatic rings. The summed E-state index contributed by atoms with van der Waals surface area (Å²) in [7, 11) is 0. The zero-order chi connectivity index (χ0) is 15.4. The molecule has 2 N–H and O–H groups in total. The Morgan fingerprint density at radius 1 is 1.33 bits per heavy atom. The van der Waals surface area contributed by atoms with Crippen molar-refractivity contribution < 1.29 is 19.1 Å². The summed E-state index contributed by atoms with van der Waals surface area (Å²) in [6.45, 7) is 1.83. The molecule has 2 aromatic rings. The Hall–Kier alpha value is -2.76. The molecule has 21 heavy (non-hydrogen) atoms. The van der Waals surface area contributed by atoms with E-state index in [-0.39, 0.29) is 17.7 Å². The van der Waals surface area contributed by atoms with Gasteiger partial charge in [0.15, 0.2) is 0 Å². The maximum absolute atomic E-state index is 13.7. The van der Waals surface area contributed by atoms with Gasteiger partial charge in [-0.3, -0.25) is 9.78 Å². The number of nitrogens with zero attached hydrogens (tertiary/aromatic N) is 1. The minimum atomic E-state index is -1.23. The smallest absolute Gasteiger partial charge is 0.335 e. The van der Waals surface area contributed by atoms with Gasteiger partial charge in [0.2, 0.25) is 5.91 Å². The molecule has 0 spiro atoms. The number of hydrogen-bond acceptors (Lipinski definition) is 3. The van der Waals surface area contributed by atoms with Crippen molar-refractivity contribution in [3.8, 4) is 0 Å². The number of benzene rings is 1. The van der Waals surface area contributed by atoms with Crippen LogP contribution in [0.1, 0.15) is 21.6 Å². The van der Waals surface area contributed by atoms with Crippen LogP contribution in [0.4, 0.5) is 10.1 Å². The van der Waals surface area contributed by atoms with Gasteiger partial charge in [0, 0.05) is 6.20 Å². The molecular formula is C15H13FN2O3. The Morgan fingerprint density at radius 3 is 2.71 bits per heavy atom. The average molecular weight is 288 g/mol. The SMILES string of the molecule is Cc1cccnc1CC(=O)Nc1ccc(C(=O)O)cc1F. The van der Waals surface area contributed by atoms with E-state index >= 15 is 0 Å². The monoisotopic (exact) mass is 288 g/mol. The normalized spacial score (nSPS) is 10.2. The highest BCUT2D eigenvalue weighted by Crippen LogP contribution is 2.16. The van der Waals surface area contributed by atoms with Crippen molar-refractivity contribution in [3.05, 3.63) is 59.2 Å². The van der Waals surface area contributed by atoms with Crippen LogP contribution in [-0.4, -0.2) is 22.0 Å². The molecule has 2 rings (SSSR count). The van der Waals surface area contributed by atoms with Crippen LogP contribution in [0.15, 0.2) is 36.5 Å². The fourth-order valence-electron chi connectivity index (χ4n) is 1.80. The van der Waals surface area contributed by atoms with Crippen molar-refractivity contribution in [2.75, 3.05) is 5.32 Å². The highest BCUT2D eigenvalue weighted by atomic mass is 19.1. The number of carbonyl (C=O) groups excluding carboxylic acids is 1. The summed E-state index contributed by atoms with van der Waals surface area (Å²) < 4.78 is 13.7. The van der Waals surface area contributed by atoms with Gasteiger partial charge in [-0.25, -0.2) is 9.18 Å². The summed E-state index contributed by atoms with van der Waals surface area (Å²) in [6, 6.07) is 6.91. The van der Waals surface area contributed by atoms with Gasteiger partial charge in [0.1, 0.15) is 5.82 Å². The number of carboxylic acid groups (broad SMARTS) is 1. The molecule has 0 fully saturated rings. The number of aromatic nitrogens is 1. The molecule has 1 amide bonds. The van der Waals surface area contributed by atoms with Crippen molar-refractivity contribution in [2.45, 2.75) is 13.3 Å². The number of rotatable bonds is 4. The molecule has 1 aromatic heterocycles. The number of amides is 1. The number of carbonyl (C=O) groups is 2. The number of pyridine rings is 1. The molecule has 0 saturated heterocycles. The minimum Gasteiger partial charge on any atom is -0.478 e. The van der Waals surface area contributed by atoms with Gasteiger partial charge < -0.3 is 10.4 Å². The van der Waals surface area contributed by atoms with Gasteiger partial charge in [0.05, 0.1) is 23.4 Å². The second-order valence-electron chi connectivity index (χ2n) is 4.49. The predicted molar refractivity (Wildman–Crippen MR) is 74.7 cm³/mol. The summed E-state index contributed by atoms with van der Waals surface area (Å²) in [5.41, 5.74) is 1.25. The summed E-state index contributed by atoms with van der Waals surface area (Å²) in [5.74, 6) is -2.43. The number of aryl methyl sites for hydroxylation is 1. The van der Waals surface area contributed by atoms with E-state index < -0.39 is 17.7 Å². The van der Waals surface area contributed by atoms with E-state index in [1.165, 1.54) is 12.1 Å². The molecule has 5 nitrogen and oxygen atoms in total. The Morgan fingerprint density at radius 2 is 2.10 bits per heavy atom. The van der Waals surface area contributed by atoms with Crippen LogP contribution in [0.3, 0.4) is 0 Å². The molecule has 0 aliphatic heterocycles. The van der Waals surface area contributed by atoms with Crippen molar-refractivity contribution in [1.82, 2.24) is 4.98 Å². The molecule has 0 atom stereocenters. The van der Waals surface area contributed by atoms with E-state index in [0.29, 0.717) is 5.69 Å². The first-order chi connectivity index (χ1) is 9.97. The number of hydrogen-bond donors (Lipinski definition) is 2. The largest absolute Gasteiger partial charge is 0.478 e. The number of aromatic carboxylic acids is 1. The molecule has 0 saturated carbocycles. The maximum Gasteiger partial charge on any atom is 0.335 e. The third-order valence-corrected chi connectivity index (χ3v) is 2.94. The summed E-state index contributed by atoms with van der Waals surface area (Å²) in [6.07, 6.45) is 1.60. The summed E-state index contributed by atoms with van der Waals surface area (Å²) in [5, 5.41) is 11.2. The first kappa shape index (κ1) is 14.6. The molecule has 0 unspecified atom stereocenters. The third-order valence-electron chi connectivity index (χ3n) is 2.94. The van der Waals surface area contributed by atoms with Crippen LogP contribution in [0.5, 0.6) is 0 Å². The number of halogens is 1. The van der Waals surface area contributed by atoms with Gasteiger partial charge in [-0.1, -0.05) is 6.07 Å². The topological polar surface area (TPSA) is 79.3 Å². The number of carboxylic acids is 1. The Balaban J connectivity index is 2.10. The fourth-order valence-corrected chi connectivity index (χ4v) is 1.80. The predicted octanol–water partition coefficient (Wildman–Crippen LogP) is 2.41. The van der Waals surface area contributed by atoms with Crippen LogP contribution in [0, 0.1) is 12.7 Å². The van der Waals surface area contributed by atoms with Crippen molar-refractivity contribution >= 4 is 17.6 Å². The standard InChI is InChI=1S/C15H13FN2O3/c1-9-3-2-6-17-13(9)8-14(19)18-12-5-4-10(15(20)21)7-11(12)16/h2-7H,8H2,1H3,(H,18,19)(H,20,21). The zero-order valence-corrected chi connectivity index (χ0v) is 11.3. The van der Waals surface area contributed by atoms with Gasteiger partial charge in [0.25, 0.3) is 0 Å². The van der Waals surface area contributed by atoms with Gasteiger partial charge in [-0.05, 0) is 36.8 Å². The van der Waals surface area contributed by atoms with E-state index in [9.17, 15) is 14.0 Å². The lowest BCUT2D eigenvalue weighted by atomic mass is 10.1. The molecule has 0 radical (unpaired) electrons. The van der Waals surface area contributed by atoms with Gasteiger partial charge in [-0.2, -0.15) is 0 Å². The Kier molecular flexibility index (Phi) is 4.27. The molecule has 1 heterocycles. The lowest BCUT2D eigenvalue weighted by Crippen LogP contribution is -2.17. The Bertz CT molecular complexity index is 701. The highest BCUT2D eigenvalue weighted by molar-refractivity contribution is 5.93. The molecular weight excluding hydrogens is 275 g/mol. The molecule has 0 bridgehead atoms. The fraction of sp³-hybridized carbons (Fsp3) is 0.133.